The number of aliphatic hydroxyl groups excluding tert-OH is 1. The third-order valence-electron chi connectivity index (χ3n) is 11.6. The highest BCUT2D eigenvalue weighted by Crippen LogP contribution is 2.22. The first-order valence-corrected chi connectivity index (χ1v) is 24.3. The molecule has 0 aliphatic carbocycles. The van der Waals surface area contributed by atoms with Crippen LogP contribution in [0.15, 0.2) is 0 Å². The van der Waals surface area contributed by atoms with Gasteiger partial charge in [-0.3, -0.25) is 9.59 Å². The lowest BCUT2D eigenvalue weighted by atomic mass is 9.94. The van der Waals surface area contributed by atoms with Crippen molar-refractivity contribution in [3.05, 3.63) is 0 Å². The Kier molecular flexibility index (Phi) is 42.1. The molecule has 0 saturated carbocycles. The average Bonchev–Trinajstić information content (AvgIpc) is 3.17. The van der Waals surface area contributed by atoms with Crippen molar-refractivity contribution in [1.29, 1.82) is 0 Å². The van der Waals surface area contributed by atoms with Crippen LogP contribution in [0.1, 0.15) is 246 Å². The highest BCUT2D eigenvalue weighted by molar-refractivity contribution is 5.72. The topological polar surface area (TPSA) is 77.3 Å². The maximum absolute atomic E-state index is 13.0. The third-order valence-corrected chi connectivity index (χ3v) is 11.6. The molecule has 0 fully saturated rings. The molecule has 0 aliphatic heterocycles. The van der Waals surface area contributed by atoms with Crippen LogP contribution in [0.5, 0.6) is 0 Å². The van der Waals surface area contributed by atoms with Crippen LogP contribution in [0.3, 0.4) is 0 Å². The molecule has 0 aliphatic rings. The highest BCUT2D eigenvalue weighted by atomic mass is 16.5. The molecule has 0 bridgehead atoms. The Morgan fingerprint density at radius 1 is 0.389 bits per heavy atom. The van der Waals surface area contributed by atoms with Gasteiger partial charge in [-0.15, -0.1) is 0 Å². The largest absolute Gasteiger partial charge is 0.465 e. The van der Waals surface area contributed by atoms with Crippen molar-refractivity contribution in [1.82, 2.24) is 0 Å². The zero-order valence-corrected chi connectivity index (χ0v) is 37.0. The Morgan fingerprint density at radius 3 is 1.02 bits per heavy atom. The Hall–Kier alpha value is -1.14. The normalized spacial score (nSPS) is 13.2. The lowest BCUT2D eigenvalue weighted by Crippen LogP contribution is -3.12. The quantitative estimate of drug-likeness (QED) is 0.0477. The second-order valence-corrected chi connectivity index (χ2v) is 16.8. The van der Waals surface area contributed by atoms with Crippen LogP contribution in [0.2, 0.25) is 0 Å². The molecule has 0 aromatic rings. The first kappa shape index (κ1) is 52.9. The number of aliphatic hydroxyl groups is 1. The Balaban J connectivity index is 4.36. The fraction of sp³-hybridized carbons (Fsp3) is 0.958. The summed E-state index contributed by atoms with van der Waals surface area (Å²) in [7, 11) is 0. The maximum Gasteiger partial charge on any atom is 0.308 e. The highest BCUT2D eigenvalue weighted by Gasteiger charge is 2.20. The number of rotatable bonds is 44. The van der Waals surface area contributed by atoms with Gasteiger partial charge < -0.3 is 19.5 Å². The van der Waals surface area contributed by atoms with Crippen LogP contribution in [-0.4, -0.2) is 56.5 Å². The van der Waals surface area contributed by atoms with E-state index >= 15 is 0 Å². The molecule has 2 atom stereocenters. The predicted octanol–water partition coefficient (Wildman–Crippen LogP) is 12.5. The van der Waals surface area contributed by atoms with Crippen molar-refractivity contribution in [2.75, 3.05) is 39.5 Å². The lowest BCUT2D eigenvalue weighted by molar-refractivity contribution is -0.900. The number of ether oxygens (including phenoxy) is 2. The third kappa shape index (κ3) is 35.3. The first-order chi connectivity index (χ1) is 26.5. The summed E-state index contributed by atoms with van der Waals surface area (Å²) >= 11 is 0. The molecule has 0 aromatic carbocycles. The molecule has 2 N–H and O–H groups in total. The van der Waals surface area contributed by atoms with Crippen LogP contribution in [-0.2, 0) is 19.1 Å². The van der Waals surface area contributed by atoms with Gasteiger partial charge in [0.1, 0.15) is 0 Å². The van der Waals surface area contributed by atoms with E-state index in [9.17, 15) is 14.7 Å². The van der Waals surface area contributed by atoms with E-state index in [0.29, 0.717) is 13.2 Å². The Morgan fingerprint density at radius 2 is 0.667 bits per heavy atom. The molecule has 0 saturated heterocycles. The Bertz CT molecular complexity index is 718. The van der Waals surface area contributed by atoms with Crippen molar-refractivity contribution in [2.24, 2.45) is 11.8 Å². The van der Waals surface area contributed by atoms with Crippen LogP contribution >= 0.6 is 0 Å². The average molecular weight is 767 g/mol. The minimum absolute atomic E-state index is 0.0585. The van der Waals surface area contributed by atoms with E-state index in [4.69, 9.17) is 9.47 Å². The van der Waals surface area contributed by atoms with Gasteiger partial charge in [0.25, 0.3) is 0 Å². The minimum Gasteiger partial charge on any atom is -0.465 e. The Labute approximate surface area is 337 Å². The number of hydrogen-bond acceptors (Lipinski definition) is 5. The molecule has 0 radical (unpaired) electrons. The second-order valence-electron chi connectivity index (χ2n) is 16.8. The number of quaternary nitrogens is 1. The van der Waals surface area contributed by atoms with Crippen molar-refractivity contribution >= 4 is 11.9 Å². The molecule has 6 heteroatoms. The molecular formula is C48H96NO5+. The van der Waals surface area contributed by atoms with E-state index in [0.717, 1.165) is 96.4 Å². The summed E-state index contributed by atoms with van der Waals surface area (Å²) in [6.07, 6.45) is 39.9. The molecule has 0 rings (SSSR count). The summed E-state index contributed by atoms with van der Waals surface area (Å²) in [5.74, 6) is 0.305. The van der Waals surface area contributed by atoms with E-state index in [1.165, 1.54) is 142 Å². The molecule has 6 nitrogen and oxygen atoms in total. The van der Waals surface area contributed by atoms with Crippen molar-refractivity contribution in [3.8, 4) is 0 Å². The van der Waals surface area contributed by atoms with Crippen molar-refractivity contribution in [2.45, 2.75) is 246 Å². The molecule has 0 aromatic heterocycles. The number of unbranched alkanes of at least 4 members (excludes halogenated alkanes) is 23. The second kappa shape index (κ2) is 43.0. The van der Waals surface area contributed by atoms with Gasteiger partial charge in [-0.2, -0.15) is 0 Å². The number of carbonyl (C=O) groups excluding carboxylic acids is 2. The van der Waals surface area contributed by atoms with Crippen LogP contribution in [0, 0.1) is 11.8 Å². The monoisotopic (exact) mass is 767 g/mol. The molecule has 2 unspecified atom stereocenters. The molecule has 0 amide bonds. The fourth-order valence-corrected chi connectivity index (χ4v) is 7.84. The smallest absolute Gasteiger partial charge is 0.308 e. The molecule has 0 spiro atoms. The maximum atomic E-state index is 13.0. The summed E-state index contributed by atoms with van der Waals surface area (Å²) in [5, 5.41) is 9.33. The number of esters is 2. The number of nitrogens with one attached hydrogen (secondary N) is 1. The molecular weight excluding hydrogens is 671 g/mol. The van der Waals surface area contributed by atoms with Crippen molar-refractivity contribution < 1.29 is 29.1 Å². The van der Waals surface area contributed by atoms with E-state index in [1.54, 1.807) is 4.90 Å². The van der Waals surface area contributed by atoms with E-state index in [2.05, 4.69) is 27.7 Å². The number of hydrogen-bond donors (Lipinski definition) is 2. The zero-order valence-electron chi connectivity index (χ0n) is 37.0. The van der Waals surface area contributed by atoms with Crippen LogP contribution in [0.4, 0.5) is 0 Å². The molecule has 0 heterocycles. The van der Waals surface area contributed by atoms with E-state index in [-0.39, 0.29) is 30.4 Å². The van der Waals surface area contributed by atoms with Gasteiger partial charge >= 0.3 is 11.9 Å². The number of carbonyl (C=O) groups is 2. The first-order valence-electron chi connectivity index (χ1n) is 24.3. The van der Waals surface area contributed by atoms with Gasteiger partial charge in [0.05, 0.1) is 44.7 Å². The summed E-state index contributed by atoms with van der Waals surface area (Å²) < 4.78 is 11.7. The fourth-order valence-electron chi connectivity index (χ4n) is 7.84. The predicted molar refractivity (Wildman–Crippen MR) is 231 cm³/mol. The molecule has 322 valence electrons. The standard InChI is InChI=1S/C48H95NO5/c1-5-9-13-17-19-27-37-45(35-25-15-11-7-3)47(51)53-43-33-23-21-29-39-49(41-31-32-42-50)40-30-22-24-34-44-54-48(52)46(36-26-16-12-8-4)38-28-20-18-14-10-6-2/h45-46,50H,5-44H2,1-4H3/p+1. The van der Waals surface area contributed by atoms with Gasteiger partial charge in [-0.25, -0.2) is 0 Å². The van der Waals surface area contributed by atoms with Gasteiger partial charge in [0.2, 0.25) is 0 Å². The SMILES string of the molecule is CCCCCCCCC(CCCCCC)C(=O)OCCCCCC[NH+](CCCCO)CCCCCCOC(=O)C(CCCCCC)CCCCCCCC. The summed E-state index contributed by atoms with van der Waals surface area (Å²) in [5.41, 5.74) is 0. The van der Waals surface area contributed by atoms with E-state index < -0.39 is 0 Å². The van der Waals surface area contributed by atoms with E-state index in [1.807, 2.05) is 0 Å². The minimum atomic E-state index is 0.0585. The van der Waals surface area contributed by atoms with Gasteiger partial charge in [0.15, 0.2) is 0 Å². The van der Waals surface area contributed by atoms with Gasteiger partial charge in [0, 0.05) is 6.61 Å². The molecule has 54 heavy (non-hydrogen) atoms. The zero-order chi connectivity index (χ0) is 39.6. The lowest BCUT2D eigenvalue weighted by Gasteiger charge is -2.20. The van der Waals surface area contributed by atoms with Gasteiger partial charge in [-0.05, 0) is 89.9 Å². The van der Waals surface area contributed by atoms with Crippen molar-refractivity contribution in [3.63, 3.8) is 0 Å². The van der Waals surface area contributed by atoms with Gasteiger partial charge in [-0.1, -0.05) is 156 Å². The van der Waals surface area contributed by atoms with Crippen LogP contribution in [0.25, 0.3) is 0 Å². The van der Waals surface area contributed by atoms with Crippen LogP contribution < -0.4 is 4.90 Å². The summed E-state index contributed by atoms with van der Waals surface area (Å²) in [6.45, 7) is 13.9. The summed E-state index contributed by atoms with van der Waals surface area (Å²) in [6, 6.07) is 0. The summed E-state index contributed by atoms with van der Waals surface area (Å²) in [4.78, 5) is 27.6.